The zero-order valence-electron chi connectivity index (χ0n) is 17.2. The molecule has 1 amide bonds. The van der Waals surface area contributed by atoms with Gasteiger partial charge >= 0.3 is 0 Å². The van der Waals surface area contributed by atoms with Crippen molar-refractivity contribution in [2.45, 2.75) is 77.8 Å². The highest BCUT2D eigenvalue weighted by Crippen LogP contribution is 2.50. The summed E-state index contributed by atoms with van der Waals surface area (Å²) in [5.41, 5.74) is 0.170. The summed E-state index contributed by atoms with van der Waals surface area (Å²) in [6, 6.07) is 0.596. The molecule has 0 N–H and O–H groups in total. The van der Waals surface area contributed by atoms with Gasteiger partial charge in [0.05, 0.1) is 0 Å². The van der Waals surface area contributed by atoms with E-state index in [-0.39, 0.29) is 5.41 Å². The first-order valence-electron chi connectivity index (χ1n) is 10.9. The molecule has 1 aromatic rings. The van der Waals surface area contributed by atoms with Crippen molar-refractivity contribution < 1.29 is 4.79 Å². The average Bonchev–Trinajstić information content (AvgIpc) is 3.22. The SMILES string of the molecule is CCCn1cnnc1C1CN(C(=O)CC2CC2)CC12CCN(C(C)C)CC2. The van der Waals surface area contributed by atoms with Gasteiger partial charge in [-0.15, -0.1) is 10.2 Å². The number of aryl methyl sites for hydroxylation is 1. The zero-order valence-corrected chi connectivity index (χ0v) is 17.2. The van der Waals surface area contributed by atoms with Gasteiger partial charge in [-0.05, 0) is 65.0 Å². The van der Waals surface area contributed by atoms with Crippen LogP contribution < -0.4 is 0 Å². The lowest BCUT2D eigenvalue weighted by atomic mass is 9.70. The molecule has 1 unspecified atom stereocenters. The zero-order chi connectivity index (χ0) is 19.0. The third kappa shape index (κ3) is 3.78. The van der Waals surface area contributed by atoms with Crippen LogP contribution in [0.25, 0.3) is 0 Å². The maximum Gasteiger partial charge on any atom is 0.222 e. The predicted molar refractivity (Wildman–Crippen MR) is 105 cm³/mol. The Labute approximate surface area is 163 Å². The molecule has 3 fully saturated rings. The van der Waals surface area contributed by atoms with E-state index in [1.54, 1.807) is 0 Å². The summed E-state index contributed by atoms with van der Waals surface area (Å²) in [5.74, 6) is 2.45. The van der Waals surface area contributed by atoms with Crippen molar-refractivity contribution in [3.8, 4) is 0 Å². The fraction of sp³-hybridized carbons (Fsp3) is 0.857. The Kier molecular flexibility index (Phi) is 5.28. The van der Waals surface area contributed by atoms with Gasteiger partial charge in [-0.2, -0.15) is 0 Å². The van der Waals surface area contributed by atoms with Crippen molar-refractivity contribution in [2.24, 2.45) is 11.3 Å². The summed E-state index contributed by atoms with van der Waals surface area (Å²) in [4.78, 5) is 17.6. The van der Waals surface area contributed by atoms with Gasteiger partial charge in [-0.3, -0.25) is 4.79 Å². The molecular weight excluding hydrogens is 338 g/mol. The second-order valence-corrected chi connectivity index (χ2v) is 9.35. The van der Waals surface area contributed by atoms with Gasteiger partial charge < -0.3 is 14.4 Å². The number of piperidine rings is 1. The molecule has 1 atom stereocenters. The van der Waals surface area contributed by atoms with Crippen LogP contribution in [0.2, 0.25) is 0 Å². The van der Waals surface area contributed by atoms with E-state index in [1.807, 2.05) is 6.33 Å². The van der Waals surface area contributed by atoms with Crippen LogP contribution in [0.15, 0.2) is 6.33 Å². The van der Waals surface area contributed by atoms with Crippen molar-refractivity contribution in [2.75, 3.05) is 26.2 Å². The van der Waals surface area contributed by atoms with Crippen LogP contribution in [0.3, 0.4) is 0 Å². The maximum absolute atomic E-state index is 12.9. The molecule has 1 spiro atoms. The summed E-state index contributed by atoms with van der Waals surface area (Å²) < 4.78 is 2.23. The van der Waals surface area contributed by atoms with E-state index in [2.05, 4.69) is 45.3 Å². The lowest BCUT2D eigenvalue weighted by Crippen LogP contribution is -2.46. The number of nitrogens with zero attached hydrogens (tertiary/aromatic N) is 5. The Morgan fingerprint density at radius 1 is 1.30 bits per heavy atom. The van der Waals surface area contributed by atoms with Crippen molar-refractivity contribution in [1.29, 1.82) is 0 Å². The number of hydrogen-bond acceptors (Lipinski definition) is 4. The number of rotatable bonds is 6. The summed E-state index contributed by atoms with van der Waals surface area (Å²) in [6.45, 7) is 11.7. The molecule has 1 aliphatic carbocycles. The first-order chi connectivity index (χ1) is 13.0. The van der Waals surface area contributed by atoms with E-state index in [9.17, 15) is 4.79 Å². The van der Waals surface area contributed by atoms with E-state index in [1.165, 1.54) is 12.8 Å². The summed E-state index contributed by atoms with van der Waals surface area (Å²) >= 11 is 0. The van der Waals surface area contributed by atoms with Crippen molar-refractivity contribution in [1.82, 2.24) is 24.6 Å². The average molecular weight is 374 g/mol. The van der Waals surface area contributed by atoms with Crippen LogP contribution in [-0.4, -0.2) is 62.7 Å². The molecule has 3 aliphatic rings. The van der Waals surface area contributed by atoms with E-state index in [4.69, 9.17) is 0 Å². The number of amides is 1. The van der Waals surface area contributed by atoms with Crippen LogP contribution in [0.4, 0.5) is 0 Å². The van der Waals surface area contributed by atoms with Crippen molar-refractivity contribution in [3.63, 3.8) is 0 Å². The van der Waals surface area contributed by atoms with E-state index < -0.39 is 0 Å². The molecule has 0 aromatic carbocycles. The number of carbonyl (C=O) groups excluding carboxylic acids is 1. The Morgan fingerprint density at radius 2 is 2.04 bits per heavy atom. The highest BCUT2D eigenvalue weighted by atomic mass is 16.2. The molecule has 0 radical (unpaired) electrons. The predicted octanol–water partition coefficient (Wildman–Crippen LogP) is 2.90. The second kappa shape index (κ2) is 7.53. The van der Waals surface area contributed by atoms with E-state index >= 15 is 0 Å². The Morgan fingerprint density at radius 3 is 2.67 bits per heavy atom. The third-order valence-electron chi connectivity index (χ3n) is 7.11. The van der Waals surface area contributed by atoms with Gasteiger partial charge in [0.1, 0.15) is 12.2 Å². The first-order valence-corrected chi connectivity index (χ1v) is 10.9. The second-order valence-electron chi connectivity index (χ2n) is 9.35. The smallest absolute Gasteiger partial charge is 0.222 e. The van der Waals surface area contributed by atoms with Crippen LogP contribution in [-0.2, 0) is 11.3 Å². The van der Waals surface area contributed by atoms with E-state index in [0.29, 0.717) is 23.8 Å². The molecule has 2 aliphatic heterocycles. The molecule has 3 heterocycles. The first kappa shape index (κ1) is 18.9. The summed E-state index contributed by atoms with van der Waals surface area (Å²) in [5, 5.41) is 8.78. The van der Waals surface area contributed by atoms with Crippen molar-refractivity contribution >= 4 is 5.91 Å². The van der Waals surface area contributed by atoms with Crippen LogP contribution in [0.5, 0.6) is 0 Å². The van der Waals surface area contributed by atoms with Crippen LogP contribution in [0, 0.1) is 11.3 Å². The minimum atomic E-state index is 0.170. The minimum Gasteiger partial charge on any atom is -0.341 e. The van der Waals surface area contributed by atoms with Gasteiger partial charge in [0, 0.05) is 43.4 Å². The number of likely N-dealkylation sites (tertiary alicyclic amines) is 2. The van der Waals surface area contributed by atoms with Gasteiger partial charge in [-0.25, -0.2) is 0 Å². The standard InChI is InChI=1S/C21H35N5O/c1-4-9-25-15-22-23-20(25)18-13-26(19(27)12-17-5-6-17)14-21(18)7-10-24(11-8-21)16(2)3/h15-18H,4-14H2,1-3H3. The van der Waals surface area contributed by atoms with Gasteiger partial charge in [-0.1, -0.05) is 6.92 Å². The fourth-order valence-electron chi connectivity index (χ4n) is 5.15. The Bertz CT molecular complexity index is 657. The maximum atomic E-state index is 12.9. The molecule has 2 saturated heterocycles. The molecule has 6 nitrogen and oxygen atoms in total. The lowest BCUT2D eigenvalue weighted by Gasteiger charge is -2.43. The van der Waals surface area contributed by atoms with E-state index in [0.717, 1.165) is 64.2 Å². The third-order valence-corrected chi connectivity index (χ3v) is 7.11. The highest BCUT2D eigenvalue weighted by Gasteiger charge is 2.51. The quantitative estimate of drug-likeness (QED) is 0.769. The lowest BCUT2D eigenvalue weighted by molar-refractivity contribution is -0.131. The molecule has 0 bridgehead atoms. The number of hydrogen-bond donors (Lipinski definition) is 0. The monoisotopic (exact) mass is 373 g/mol. The Balaban J connectivity index is 1.57. The van der Waals surface area contributed by atoms with Gasteiger partial charge in [0.25, 0.3) is 0 Å². The molecule has 150 valence electrons. The molecule has 6 heteroatoms. The molecular formula is C21H35N5O. The summed E-state index contributed by atoms with van der Waals surface area (Å²) in [6.07, 6.45) is 8.50. The van der Waals surface area contributed by atoms with Gasteiger partial charge in [0.2, 0.25) is 5.91 Å². The Hall–Kier alpha value is -1.43. The molecule has 1 aromatic heterocycles. The number of carbonyl (C=O) groups is 1. The summed E-state index contributed by atoms with van der Waals surface area (Å²) in [7, 11) is 0. The highest BCUT2D eigenvalue weighted by molar-refractivity contribution is 5.77. The van der Waals surface area contributed by atoms with Crippen molar-refractivity contribution in [3.05, 3.63) is 12.2 Å². The minimum absolute atomic E-state index is 0.170. The normalized spacial score (nSPS) is 25.6. The van der Waals surface area contributed by atoms with Gasteiger partial charge in [0.15, 0.2) is 0 Å². The fourth-order valence-corrected chi connectivity index (χ4v) is 5.15. The van der Waals surface area contributed by atoms with Crippen LogP contribution in [0.1, 0.15) is 71.0 Å². The molecule has 1 saturated carbocycles. The largest absolute Gasteiger partial charge is 0.341 e. The topological polar surface area (TPSA) is 54.3 Å². The van der Waals surface area contributed by atoms with Crippen LogP contribution >= 0.6 is 0 Å². The molecule has 4 rings (SSSR count). The number of aromatic nitrogens is 3. The molecule has 27 heavy (non-hydrogen) atoms.